The van der Waals surface area contributed by atoms with Crippen molar-refractivity contribution in [2.75, 3.05) is 25.4 Å². The van der Waals surface area contributed by atoms with Crippen LogP contribution in [-0.4, -0.2) is 47.1 Å². The normalized spacial score (nSPS) is 13.6. The van der Waals surface area contributed by atoms with Crippen molar-refractivity contribution in [2.24, 2.45) is 0 Å². The molecule has 2 aromatic rings. The molecule has 0 atom stereocenters. The van der Waals surface area contributed by atoms with Crippen LogP contribution in [0.4, 0.5) is 0 Å². The number of amides is 2. The van der Waals surface area contributed by atoms with Gasteiger partial charge in [0.15, 0.2) is 0 Å². The first-order chi connectivity index (χ1) is 12.7. The van der Waals surface area contributed by atoms with Crippen molar-refractivity contribution >= 4 is 23.6 Å². The largest absolute Gasteiger partial charge is 0.352 e. The van der Waals surface area contributed by atoms with Gasteiger partial charge in [0, 0.05) is 42.8 Å². The lowest BCUT2D eigenvalue weighted by Crippen LogP contribution is -2.29. The van der Waals surface area contributed by atoms with Crippen molar-refractivity contribution in [3.8, 4) is 0 Å². The Kier molecular flexibility index (Phi) is 6.66. The number of nitrogens with zero attached hydrogens (tertiary/aromatic N) is 2. The highest BCUT2D eigenvalue weighted by molar-refractivity contribution is 8.00. The van der Waals surface area contributed by atoms with Gasteiger partial charge in [0.2, 0.25) is 5.91 Å². The zero-order chi connectivity index (χ0) is 18.2. The van der Waals surface area contributed by atoms with Crippen LogP contribution in [0.2, 0.25) is 0 Å². The predicted octanol–water partition coefficient (Wildman–Crippen LogP) is 2.77. The topological polar surface area (TPSA) is 62.3 Å². The molecule has 1 N–H and O–H groups in total. The molecule has 3 rings (SSSR count). The second-order valence-electron chi connectivity index (χ2n) is 6.20. The quantitative estimate of drug-likeness (QED) is 0.763. The summed E-state index contributed by atoms with van der Waals surface area (Å²) in [6, 6.07) is 13.2. The Balaban J connectivity index is 1.53. The Bertz CT molecular complexity index is 746. The number of hydrogen-bond acceptors (Lipinski definition) is 4. The molecule has 1 fully saturated rings. The fourth-order valence-electron chi connectivity index (χ4n) is 2.92. The molecule has 2 amide bonds. The Labute approximate surface area is 158 Å². The van der Waals surface area contributed by atoms with E-state index in [-0.39, 0.29) is 11.8 Å². The van der Waals surface area contributed by atoms with Crippen LogP contribution in [0, 0.1) is 0 Å². The summed E-state index contributed by atoms with van der Waals surface area (Å²) in [4.78, 5) is 31.7. The van der Waals surface area contributed by atoms with Crippen molar-refractivity contribution in [2.45, 2.75) is 24.2 Å². The van der Waals surface area contributed by atoms with Crippen molar-refractivity contribution in [1.29, 1.82) is 0 Å². The van der Waals surface area contributed by atoms with Gasteiger partial charge in [-0.25, -0.2) is 0 Å². The molecular weight excluding hydrogens is 346 g/mol. The Morgan fingerprint density at radius 2 is 1.85 bits per heavy atom. The summed E-state index contributed by atoms with van der Waals surface area (Å²) in [5.41, 5.74) is 1.57. The first-order valence-corrected chi connectivity index (χ1v) is 9.90. The van der Waals surface area contributed by atoms with Crippen molar-refractivity contribution < 1.29 is 9.59 Å². The van der Waals surface area contributed by atoms with Crippen LogP contribution in [0.25, 0.3) is 0 Å². The SMILES string of the molecule is O=C(NCCc1ccccn1)c1ccccc1SCC(=O)N1CCCC1. The van der Waals surface area contributed by atoms with Crippen LogP contribution in [0.1, 0.15) is 28.9 Å². The minimum Gasteiger partial charge on any atom is -0.352 e. The van der Waals surface area contributed by atoms with Gasteiger partial charge in [0.25, 0.3) is 5.91 Å². The highest BCUT2D eigenvalue weighted by Crippen LogP contribution is 2.23. The molecule has 0 bridgehead atoms. The molecule has 0 spiro atoms. The average Bonchev–Trinajstić information content (AvgIpc) is 3.22. The summed E-state index contributed by atoms with van der Waals surface area (Å²) in [6.07, 6.45) is 4.62. The predicted molar refractivity (Wildman–Crippen MR) is 103 cm³/mol. The fraction of sp³-hybridized carbons (Fsp3) is 0.350. The Hall–Kier alpha value is -2.34. The monoisotopic (exact) mass is 369 g/mol. The lowest BCUT2D eigenvalue weighted by Gasteiger charge is -2.15. The minimum absolute atomic E-state index is 0.113. The third-order valence-electron chi connectivity index (χ3n) is 4.33. The molecule has 1 aromatic carbocycles. The average molecular weight is 369 g/mol. The van der Waals surface area contributed by atoms with Crippen LogP contribution in [0.5, 0.6) is 0 Å². The highest BCUT2D eigenvalue weighted by atomic mass is 32.2. The molecular formula is C20H23N3O2S. The number of carbonyl (C=O) groups is 2. The maximum atomic E-state index is 12.5. The van der Waals surface area contributed by atoms with Gasteiger partial charge in [0.1, 0.15) is 0 Å². The van der Waals surface area contributed by atoms with Crippen molar-refractivity contribution in [3.05, 3.63) is 59.9 Å². The number of carbonyl (C=O) groups excluding carboxylic acids is 2. The van der Waals surface area contributed by atoms with Gasteiger partial charge in [-0.2, -0.15) is 0 Å². The number of pyridine rings is 1. The lowest BCUT2D eigenvalue weighted by molar-refractivity contribution is -0.127. The van der Waals surface area contributed by atoms with Gasteiger partial charge >= 0.3 is 0 Å². The van der Waals surface area contributed by atoms with E-state index in [1.54, 1.807) is 12.3 Å². The number of likely N-dealkylation sites (tertiary alicyclic amines) is 1. The number of rotatable bonds is 7. The van der Waals surface area contributed by atoms with Crippen LogP contribution in [-0.2, 0) is 11.2 Å². The number of hydrogen-bond donors (Lipinski definition) is 1. The maximum Gasteiger partial charge on any atom is 0.252 e. The Morgan fingerprint density at radius 1 is 1.08 bits per heavy atom. The standard InChI is InChI=1S/C20H23N3O2S/c24-19(23-13-5-6-14-23)15-26-18-9-2-1-8-17(18)20(25)22-12-10-16-7-3-4-11-21-16/h1-4,7-9,11H,5-6,10,12-15H2,(H,22,25). The van der Waals surface area contributed by atoms with E-state index in [1.807, 2.05) is 41.3 Å². The van der Waals surface area contributed by atoms with Crippen LogP contribution in [0.15, 0.2) is 53.6 Å². The summed E-state index contributed by atoms with van der Waals surface area (Å²) >= 11 is 1.44. The number of aromatic nitrogens is 1. The van der Waals surface area contributed by atoms with Crippen LogP contribution in [0.3, 0.4) is 0 Å². The second kappa shape index (κ2) is 9.38. The van der Waals surface area contributed by atoms with E-state index in [0.717, 1.165) is 36.5 Å². The van der Waals surface area contributed by atoms with Gasteiger partial charge in [0.05, 0.1) is 11.3 Å². The molecule has 0 saturated carbocycles. The van der Waals surface area contributed by atoms with Gasteiger partial charge in [-0.1, -0.05) is 18.2 Å². The second-order valence-corrected chi connectivity index (χ2v) is 7.22. The molecule has 6 heteroatoms. The Morgan fingerprint density at radius 3 is 2.62 bits per heavy atom. The molecule has 1 aromatic heterocycles. The van der Waals surface area contributed by atoms with E-state index in [2.05, 4.69) is 10.3 Å². The van der Waals surface area contributed by atoms with Crippen LogP contribution >= 0.6 is 11.8 Å². The zero-order valence-electron chi connectivity index (χ0n) is 14.7. The minimum atomic E-state index is -0.113. The van der Waals surface area contributed by atoms with Gasteiger partial charge in [-0.15, -0.1) is 11.8 Å². The van der Waals surface area contributed by atoms with E-state index in [9.17, 15) is 9.59 Å². The molecule has 1 saturated heterocycles. The summed E-state index contributed by atoms with van der Waals surface area (Å²) in [5.74, 6) is 0.411. The lowest BCUT2D eigenvalue weighted by atomic mass is 10.2. The number of thioether (sulfide) groups is 1. The van der Waals surface area contributed by atoms with E-state index in [4.69, 9.17) is 0 Å². The molecule has 136 valence electrons. The van der Waals surface area contributed by atoms with Crippen molar-refractivity contribution in [1.82, 2.24) is 15.2 Å². The number of benzene rings is 1. The zero-order valence-corrected chi connectivity index (χ0v) is 15.5. The van der Waals surface area contributed by atoms with Crippen LogP contribution < -0.4 is 5.32 Å². The van der Waals surface area contributed by atoms with E-state index in [0.29, 0.717) is 24.3 Å². The molecule has 2 heterocycles. The highest BCUT2D eigenvalue weighted by Gasteiger charge is 2.19. The molecule has 1 aliphatic rings. The summed E-state index contributed by atoms with van der Waals surface area (Å²) in [7, 11) is 0. The maximum absolute atomic E-state index is 12.5. The molecule has 5 nitrogen and oxygen atoms in total. The van der Waals surface area contributed by atoms with Gasteiger partial charge in [-0.05, 0) is 37.1 Å². The summed E-state index contributed by atoms with van der Waals surface area (Å²) in [6.45, 7) is 2.24. The first kappa shape index (κ1) is 18.5. The van der Waals surface area contributed by atoms with Gasteiger partial charge in [-0.3, -0.25) is 14.6 Å². The smallest absolute Gasteiger partial charge is 0.252 e. The molecule has 0 aliphatic carbocycles. The van der Waals surface area contributed by atoms with E-state index in [1.165, 1.54) is 11.8 Å². The first-order valence-electron chi connectivity index (χ1n) is 8.92. The molecule has 0 radical (unpaired) electrons. The molecule has 1 aliphatic heterocycles. The number of nitrogens with one attached hydrogen (secondary N) is 1. The third kappa shape index (κ3) is 5.08. The van der Waals surface area contributed by atoms with Crippen molar-refractivity contribution in [3.63, 3.8) is 0 Å². The van der Waals surface area contributed by atoms with E-state index < -0.39 is 0 Å². The van der Waals surface area contributed by atoms with E-state index >= 15 is 0 Å². The summed E-state index contributed by atoms with van der Waals surface area (Å²) < 4.78 is 0. The molecule has 0 unspecified atom stereocenters. The van der Waals surface area contributed by atoms with Gasteiger partial charge < -0.3 is 10.2 Å². The fourth-order valence-corrected chi connectivity index (χ4v) is 3.88. The molecule has 26 heavy (non-hydrogen) atoms. The third-order valence-corrected chi connectivity index (χ3v) is 5.39. The summed E-state index contributed by atoms with van der Waals surface area (Å²) in [5, 5.41) is 2.94.